The number of carbonyl (C=O) groups is 2. The van der Waals surface area contributed by atoms with Crippen LogP contribution in [0.4, 0.5) is 4.39 Å². The smallest absolute Gasteiger partial charge is 0.243 e. The molecule has 7 heteroatoms. The lowest BCUT2D eigenvalue weighted by atomic mass is 10.0. The number of carbonyl (C=O) groups excluding carboxylic acids is 2. The zero-order valence-corrected chi connectivity index (χ0v) is 19.7. The Morgan fingerprint density at radius 2 is 1.67 bits per heavy atom. The molecule has 2 amide bonds. The van der Waals surface area contributed by atoms with Crippen molar-refractivity contribution in [3.63, 3.8) is 0 Å². The van der Waals surface area contributed by atoms with Gasteiger partial charge in [-0.3, -0.25) is 9.59 Å². The van der Waals surface area contributed by atoms with Gasteiger partial charge in [-0.25, -0.2) is 4.39 Å². The standard InChI is InChI=1S/C26H25Cl2FN2O2/c1-2-30-26(33)24(14-18-8-4-3-5-9-18)31(17-20-12-13-21(27)16-22(20)28)25(32)15-19-10-6-7-11-23(19)29/h3-13,16,24H,2,14-15,17H2,1H3,(H,30,33). The Kier molecular flexibility index (Phi) is 8.87. The summed E-state index contributed by atoms with van der Waals surface area (Å²) in [6, 6.07) is 19.8. The molecule has 0 aliphatic carbocycles. The average Bonchev–Trinajstić information content (AvgIpc) is 2.79. The van der Waals surface area contributed by atoms with Gasteiger partial charge in [0.2, 0.25) is 11.8 Å². The highest BCUT2D eigenvalue weighted by atomic mass is 35.5. The van der Waals surface area contributed by atoms with E-state index >= 15 is 0 Å². The second-order valence-electron chi connectivity index (χ2n) is 7.63. The van der Waals surface area contributed by atoms with E-state index in [-0.39, 0.29) is 30.3 Å². The van der Waals surface area contributed by atoms with Gasteiger partial charge in [0.05, 0.1) is 6.42 Å². The molecule has 0 aliphatic rings. The van der Waals surface area contributed by atoms with E-state index in [4.69, 9.17) is 23.2 Å². The topological polar surface area (TPSA) is 49.4 Å². The van der Waals surface area contributed by atoms with Crippen LogP contribution in [0.1, 0.15) is 23.6 Å². The van der Waals surface area contributed by atoms with Crippen molar-refractivity contribution in [3.05, 3.63) is 105 Å². The van der Waals surface area contributed by atoms with E-state index in [1.165, 1.54) is 11.0 Å². The summed E-state index contributed by atoms with van der Waals surface area (Å²) in [6.07, 6.45) is 0.128. The monoisotopic (exact) mass is 486 g/mol. The molecule has 1 unspecified atom stereocenters. The molecule has 0 radical (unpaired) electrons. The molecular formula is C26H25Cl2FN2O2. The van der Waals surface area contributed by atoms with E-state index in [0.717, 1.165) is 5.56 Å². The van der Waals surface area contributed by atoms with Crippen LogP contribution in [0.25, 0.3) is 0 Å². The Balaban J connectivity index is 1.99. The predicted molar refractivity (Wildman–Crippen MR) is 130 cm³/mol. The SMILES string of the molecule is CCNC(=O)C(Cc1ccccc1)N(Cc1ccc(Cl)cc1Cl)C(=O)Cc1ccccc1F. The van der Waals surface area contributed by atoms with Crippen LogP contribution in [0, 0.1) is 5.82 Å². The molecule has 0 saturated carbocycles. The number of likely N-dealkylation sites (N-methyl/N-ethyl adjacent to an activating group) is 1. The molecule has 3 aromatic carbocycles. The van der Waals surface area contributed by atoms with Crippen molar-refractivity contribution >= 4 is 35.0 Å². The number of hydrogen-bond acceptors (Lipinski definition) is 2. The van der Waals surface area contributed by atoms with Crippen LogP contribution < -0.4 is 5.32 Å². The number of halogens is 3. The lowest BCUT2D eigenvalue weighted by Gasteiger charge is -2.32. The van der Waals surface area contributed by atoms with Crippen molar-refractivity contribution in [1.29, 1.82) is 0 Å². The molecule has 0 aliphatic heterocycles. The van der Waals surface area contributed by atoms with Gasteiger partial charge >= 0.3 is 0 Å². The molecule has 3 aromatic rings. The summed E-state index contributed by atoms with van der Waals surface area (Å²) >= 11 is 12.4. The quantitative estimate of drug-likeness (QED) is 0.437. The van der Waals surface area contributed by atoms with Crippen LogP contribution in [-0.4, -0.2) is 29.3 Å². The molecule has 1 N–H and O–H groups in total. The Labute approximate surface area is 203 Å². The third-order valence-corrected chi connectivity index (χ3v) is 5.86. The van der Waals surface area contributed by atoms with Crippen LogP contribution in [-0.2, 0) is 29.0 Å². The second-order valence-corrected chi connectivity index (χ2v) is 8.47. The first-order valence-electron chi connectivity index (χ1n) is 10.7. The summed E-state index contributed by atoms with van der Waals surface area (Å²) in [7, 11) is 0. The summed E-state index contributed by atoms with van der Waals surface area (Å²) in [4.78, 5) is 28.1. The van der Waals surface area contributed by atoms with Gasteiger partial charge in [0.15, 0.2) is 0 Å². The van der Waals surface area contributed by atoms with Gasteiger partial charge in [0.25, 0.3) is 0 Å². The minimum atomic E-state index is -0.807. The summed E-state index contributed by atoms with van der Waals surface area (Å²) in [5.74, 6) is -1.13. The fourth-order valence-corrected chi connectivity index (χ4v) is 4.05. The second kappa shape index (κ2) is 11.8. The van der Waals surface area contributed by atoms with Crippen molar-refractivity contribution in [2.75, 3.05) is 6.54 Å². The van der Waals surface area contributed by atoms with Gasteiger partial charge in [0, 0.05) is 29.6 Å². The van der Waals surface area contributed by atoms with Crippen LogP contribution in [0.5, 0.6) is 0 Å². The maximum Gasteiger partial charge on any atom is 0.243 e. The first-order chi connectivity index (χ1) is 15.9. The largest absolute Gasteiger partial charge is 0.355 e. The molecule has 0 aromatic heterocycles. The highest BCUT2D eigenvalue weighted by Gasteiger charge is 2.31. The Morgan fingerprint density at radius 1 is 0.970 bits per heavy atom. The predicted octanol–water partition coefficient (Wildman–Crippen LogP) is 5.45. The number of rotatable bonds is 9. The first-order valence-corrected chi connectivity index (χ1v) is 11.4. The summed E-state index contributed by atoms with van der Waals surface area (Å²) < 4.78 is 14.3. The van der Waals surface area contributed by atoms with Crippen LogP contribution in [0.2, 0.25) is 10.0 Å². The zero-order valence-electron chi connectivity index (χ0n) is 18.2. The number of nitrogens with zero attached hydrogens (tertiary/aromatic N) is 1. The highest BCUT2D eigenvalue weighted by Crippen LogP contribution is 2.24. The number of benzene rings is 3. The van der Waals surface area contributed by atoms with Crippen LogP contribution >= 0.6 is 23.2 Å². The Bertz CT molecular complexity index is 1110. The molecule has 1 atom stereocenters. The van der Waals surface area contributed by atoms with Gasteiger partial charge in [0.1, 0.15) is 11.9 Å². The minimum Gasteiger partial charge on any atom is -0.355 e. The van der Waals surface area contributed by atoms with Gasteiger partial charge < -0.3 is 10.2 Å². The van der Waals surface area contributed by atoms with Crippen molar-refractivity contribution in [3.8, 4) is 0 Å². The Morgan fingerprint density at radius 3 is 2.33 bits per heavy atom. The van der Waals surface area contributed by atoms with Crippen LogP contribution in [0.3, 0.4) is 0 Å². The molecule has 172 valence electrons. The van der Waals surface area contributed by atoms with E-state index < -0.39 is 11.9 Å². The maximum absolute atomic E-state index is 14.3. The molecule has 0 saturated heterocycles. The van der Waals surface area contributed by atoms with E-state index in [0.29, 0.717) is 28.6 Å². The van der Waals surface area contributed by atoms with Crippen molar-refractivity contribution < 1.29 is 14.0 Å². The minimum absolute atomic E-state index is 0.0813. The fourth-order valence-electron chi connectivity index (χ4n) is 3.59. The maximum atomic E-state index is 14.3. The van der Waals surface area contributed by atoms with Crippen molar-refractivity contribution in [2.24, 2.45) is 0 Å². The highest BCUT2D eigenvalue weighted by molar-refractivity contribution is 6.35. The molecule has 33 heavy (non-hydrogen) atoms. The van der Waals surface area contributed by atoms with E-state index in [1.54, 1.807) is 36.4 Å². The third-order valence-electron chi connectivity index (χ3n) is 5.28. The molecule has 0 heterocycles. The normalized spacial score (nSPS) is 11.6. The van der Waals surface area contributed by atoms with E-state index in [2.05, 4.69) is 5.32 Å². The summed E-state index contributed by atoms with van der Waals surface area (Å²) in [5, 5.41) is 3.68. The molecule has 3 rings (SSSR count). The fraction of sp³-hybridized carbons (Fsp3) is 0.231. The van der Waals surface area contributed by atoms with Gasteiger partial charge in [-0.15, -0.1) is 0 Å². The van der Waals surface area contributed by atoms with Crippen molar-refractivity contribution in [2.45, 2.75) is 32.4 Å². The van der Waals surface area contributed by atoms with Crippen molar-refractivity contribution in [1.82, 2.24) is 10.2 Å². The lowest BCUT2D eigenvalue weighted by molar-refractivity contribution is -0.140. The summed E-state index contributed by atoms with van der Waals surface area (Å²) in [5.41, 5.74) is 1.81. The van der Waals surface area contributed by atoms with E-state index in [9.17, 15) is 14.0 Å². The van der Waals surface area contributed by atoms with Gasteiger partial charge in [-0.1, -0.05) is 77.8 Å². The summed E-state index contributed by atoms with van der Waals surface area (Å²) in [6.45, 7) is 2.32. The average molecular weight is 487 g/mol. The molecule has 0 bridgehead atoms. The molecule has 0 fully saturated rings. The number of hydrogen-bond donors (Lipinski definition) is 1. The van der Waals surface area contributed by atoms with Gasteiger partial charge in [-0.2, -0.15) is 0 Å². The third kappa shape index (κ3) is 6.80. The van der Waals surface area contributed by atoms with Gasteiger partial charge in [-0.05, 0) is 41.8 Å². The first kappa shape index (κ1) is 24.7. The molecular weight excluding hydrogens is 462 g/mol. The Hall–Kier alpha value is -2.89. The van der Waals surface area contributed by atoms with E-state index in [1.807, 2.05) is 37.3 Å². The number of amides is 2. The molecule has 4 nitrogen and oxygen atoms in total. The lowest BCUT2D eigenvalue weighted by Crippen LogP contribution is -2.51. The number of nitrogens with one attached hydrogen (secondary N) is 1. The van der Waals surface area contributed by atoms with Crippen LogP contribution in [0.15, 0.2) is 72.8 Å². The molecule has 0 spiro atoms. The zero-order chi connectivity index (χ0) is 23.8.